The van der Waals surface area contributed by atoms with Crippen LogP contribution in [0.4, 0.5) is 0 Å². The van der Waals surface area contributed by atoms with Crippen molar-refractivity contribution in [2.45, 2.75) is 64.7 Å². The first-order valence-electron chi connectivity index (χ1n) is 6.84. The molecule has 0 amide bonds. The standard InChI is InChI=1S/C14H24/c1-2-14(8-9-14)13-7-6-11-4-3-5-12(11)10-13/h11-13H,2-10H2,1H3. The van der Waals surface area contributed by atoms with Gasteiger partial charge in [-0.3, -0.25) is 0 Å². The molecule has 0 saturated heterocycles. The van der Waals surface area contributed by atoms with Gasteiger partial charge in [0.05, 0.1) is 0 Å². The lowest BCUT2D eigenvalue weighted by molar-refractivity contribution is 0.140. The lowest BCUT2D eigenvalue weighted by Crippen LogP contribution is -2.26. The fourth-order valence-electron chi connectivity index (χ4n) is 4.47. The largest absolute Gasteiger partial charge is 0.0648 e. The van der Waals surface area contributed by atoms with Crippen molar-refractivity contribution in [3.05, 3.63) is 0 Å². The molecule has 0 heteroatoms. The maximum Gasteiger partial charge on any atom is -0.0271 e. The lowest BCUT2D eigenvalue weighted by atomic mass is 9.69. The highest BCUT2D eigenvalue weighted by molar-refractivity contribution is 5.00. The van der Waals surface area contributed by atoms with Crippen molar-refractivity contribution in [1.82, 2.24) is 0 Å². The van der Waals surface area contributed by atoms with E-state index in [1.807, 2.05) is 0 Å². The maximum absolute atomic E-state index is 2.42. The zero-order valence-corrected chi connectivity index (χ0v) is 9.60. The molecule has 14 heavy (non-hydrogen) atoms. The minimum Gasteiger partial charge on any atom is -0.0648 e. The molecule has 3 fully saturated rings. The Morgan fingerprint density at radius 3 is 2.50 bits per heavy atom. The third kappa shape index (κ3) is 1.33. The maximum atomic E-state index is 2.42. The molecule has 0 bridgehead atoms. The first-order valence-corrected chi connectivity index (χ1v) is 6.84. The molecular weight excluding hydrogens is 168 g/mol. The smallest absolute Gasteiger partial charge is 0.0271 e. The molecule has 0 N–H and O–H groups in total. The van der Waals surface area contributed by atoms with Crippen LogP contribution in [0.1, 0.15) is 64.7 Å². The van der Waals surface area contributed by atoms with Crippen LogP contribution >= 0.6 is 0 Å². The average molecular weight is 192 g/mol. The van der Waals surface area contributed by atoms with Gasteiger partial charge in [0, 0.05) is 0 Å². The van der Waals surface area contributed by atoms with E-state index in [2.05, 4.69) is 6.92 Å². The second kappa shape index (κ2) is 3.25. The minimum atomic E-state index is 0.855. The van der Waals surface area contributed by atoms with Gasteiger partial charge in [0.15, 0.2) is 0 Å². The van der Waals surface area contributed by atoms with Gasteiger partial charge >= 0.3 is 0 Å². The normalized spacial score (nSPS) is 44.8. The summed E-state index contributed by atoms with van der Waals surface area (Å²) in [6, 6.07) is 0. The molecule has 3 unspecified atom stereocenters. The fraction of sp³-hybridized carbons (Fsp3) is 1.00. The van der Waals surface area contributed by atoms with Gasteiger partial charge in [0.1, 0.15) is 0 Å². The minimum absolute atomic E-state index is 0.855. The summed E-state index contributed by atoms with van der Waals surface area (Å²) in [4.78, 5) is 0. The number of rotatable bonds is 2. The molecule has 3 aliphatic carbocycles. The Balaban J connectivity index is 1.67. The van der Waals surface area contributed by atoms with E-state index >= 15 is 0 Å². The van der Waals surface area contributed by atoms with E-state index in [9.17, 15) is 0 Å². The molecule has 0 spiro atoms. The number of hydrogen-bond acceptors (Lipinski definition) is 0. The van der Waals surface area contributed by atoms with Crippen molar-refractivity contribution in [1.29, 1.82) is 0 Å². The van der Waals surface area contributed by atoms with Gasteiger partial charge in [-0.1, -0.05) is 32.6 Å². The van der Waals surface area contributed by atoms with E-state index in [0.29, 0.717) is 0 Å². The summed E-state index contributed by atoms with van der Waals surface area (Å²) in [6.07, 6.45) is 14.0. The zero-order chi connectivity index (χ0) is 9.60. The highest BCUT2D eigenvalue weighted by Crippen LogP contribution is 2.61. The predicted octanol–water partition coefficient (Wildman–Crippen LogP) is 4.39. The molecule has 0 heterocycles. The molecule has 3 rings (SSSR count). The summed E-state index contributed by atoms with van der Waals surface area (Å²) in [5, 5.41) is 0. The van der Waals surface area contributed by atoms with E-state index in [0.717, 1.165) is 23.2 Å². The number of hydrogen-bond donors (Lipinski definition) is 0. The van der Waals surface area contributed by atoms with Crippen molar-refractivity contribution in [2.24, 2.45) is 23.2 Å². The van der Waals surface area contributed by atoms with Gasteiger partial charge < -0.3 is 0 Å². The van der Waals surface area contributed by atoms with Gasteiger partial charge in [-0.15, -0.1) is 0 Å². The van der Waals surface area contributed by atoms with E-state index in [4.69, 9.17) is 0 Å². The van der Waals surface area contributed by atoms with E-state index in [1.54, 1.807) is 51.4 Å². The SMILES string of the molecule is CCC1(C2CCC3CCCC3C2)CC1. The van der Waals surface area contributed by atoms with E-state index in [1.165, 1.54) is 6.42 Å². The summed E-state index contributed by atoms with van der Waals surface area (Å²) in [5.74, 6) is 3.43. The van der Waals surface area contributed by atoms with Crippen LogP contribution < -0.4 is 0 Å². The van der Waals surface area contributed by atoms with Crippen LogP contribution in [0.5, 0.6) is 0 Å². The summed E-state index contributed by atoms with van der Waals surface area (Å²) < 4.78 is 0. The van der Waals surface area contributed by atoms with Crippen LogP contribution in [0.25, 0.3) is 0 Å². The molecule has 3 atom stereocenters. The quantitative estimate of drug-likeness (QED) is 0.608. The Bertz CT molecular complexity index is 214. The summed E-state index contributed by atoms with van der Waals surface area (Å²) in [5.41, 5.74) is 0.855. The second-order valence-electron chi connectivity index (χ2n) is 6.18. The van der Waals surface area contributed by atoms with Crippen molar-refractivity contribution >= 4 is 0 Å². The molecular formula is C14H24. The summed E-state index contributed by atoms with van der Waals surface area (Å²) >= 11 is 0. The van der Waals surface area contributed by atoms with Crippen molar-refractivity contribution in [3.8, 4) is 0 Å². The first-order chi connectivity index (χ1) is 6.84. The Morgan fingerprint density at radius 2 is 1.79 bits per heavy atom. The highest BCUT2D eigenvalue weighted by atomic mass is 14.5. The van der Waals surface area contributed by atoms with Gasteiger partial charge in [0.25, 0.3) is 0 Å². The molecule has 80 valence electrons. The Hall–Kier alpha value is 0. The van der Waals surface area contributed by atoms with Crippen molar-refractivity contribution in [2.75, 3.05) is 0 Å². The summed E-state index contributed by atoms with van der Waals surface area (Å²) in [7, 11) is 0. The molecule has 0 radical (unpaired) electrons. The van der Waals surface area contributed by atoms with Crippen LogP contribution in [-0.4, -0.2) is 0 Å². The summed E-state index contributed by atoms with van der Waals surface area (Å²) in [6.45, 7) is 2.42. The third-order valence-electron chi connectivity index (χ3n) is 5.75. The van der Waals surface area contributed by atoms with Gasteiger partial charge in [-0.25, -0.2) is 0 Å². The monoisotopic (exact) mass is 192 g/mol. The van der Waals surface area contributed by atoms with Crippen LogP contribution in [0, 0.1) is 23.2 Å². The highest BCUT2D eigenvalue weighted by Gasteiger charge is 2.50. The van der Waals surface area contributed by atoms with Crippen LogP contribution in [-0.2, 0) is 0 Å². The second-order valence-corrected chi connectivity index (χ2v) is 6.18. The molecule has 0 aliphatic heterocycles. The Kier molecular flexibility index (Phi) is 2.15. The Morgan fingerprint density at radius 1 is 1.00 bits per heavy atom. The van der Waals surface area contributed by atoms with Gasteiger partial charge in [0.2, 0.25) is 0 Å². The van der Waals surface area contributed by atoms with Crippen LogP contribution in [0.15, 0.2) is 0 Å². The lowest BCUT2D eigenvalue weighted by Gasteiger charge is -2.36. The molecule has 0 aromatic heterocycles. The van der Waals surface area contributed by atoms with Gasteiger partial charge in [-0.2, -0.15) is 0 Å². The molecule has 0 aromatic rings. The average Bonchev–Trinajstić information content (AvgIpc) is 2.89. The molecule has 0 aromatic carbocycles. The van der Waals surface area contributed by atoms with E-state index < -0.39 is 0 Å². The third-order valence-corrected chi connectivity index (χ3v) is 5.75. The number of fused-ring (bicyclic) bond motifs is 1. The zero-order valence-electron chi connectivity index (χ0n) is 9.60. The van der Waals surface area contributed by atoms with E-state index in [-0.39, 0.29) is 0 Å². The first kappa shape index (κ1) is 9.24. The Labute approximate surface area is 88.5 Å². The molecule has 0 nitrogen and oxygen atoms in total. The van der Waals surface area contributed by atoms with Crippen molar-refractivity contribution in [3.63, 3.8) is 0 Å². The van der Waals surface area contributed by atoms with Crippen LogP contribution in [0.3, 0.4) is 0 Å². The topological polar surface area (TPSA) is 0 Å². The fourth-order valence-corrected chi connectivity index (χ4v) is 4.47. The van der Waals surface area contributed by atoms with Crippen molar-refractivity contribution < 1.29 is 0 Å². The predicted molar refractivity (Wildman–Crippen MR) is 60.1 cm³/mol. The molecule has 3 saturated carbocycles. The van der Waals surface area contributed by atoms with Crippen LogP contribution in [0.2, 0.25) is 0 Å². The van der Waals surface area contributed by atoms with Gasteiger partial charge in [-0.05, 0) is 55.3 Å². The molecule has 3 aliphatic rings.